The maximum Gasteiger partial charge on any atom is 0.253 e. The number of nitrogens with two attached hydrogens (primary N) is 1. The van der Waals surface area contributed by atoms with E-state index in [1.807, 2.05) is 38.1 Å². The van der Waals surface area contributed by atoms with Crippen LogP contribution in [0, 0.1) is 0 Å². The summed E-state index contributed by atoms with van der Waals surface area (Å²) in [5, 5.41) is 7.79. The average molecular weight is 247 g/mol. The molecule has 5 nitrogen and oxygen atoms in total. The first kappa shape index (κ1) is 12.6. The molecule has 1 aromatic heterocycles. The Kier molecular flexibility index (Phi) is 3.94. The predicted octanol–water partition coefficient (Wildman–Crippen LogP) is 2.23. The highest BCUT2D eigenvalue weighted by molar-refractivity contribution is 5.35. The van der Waals surface area contributed by atoms with Crippen molar-refractivity contribution in [3.05, 3.63) is 41.6 Å². The van der Waals surface area contributed by atoms with E-state index in [-0.39, 0.29) is 12.6 Å². The molecular formula is C13H17N3O2. The number of rotatable bonds is 5. The SMILES string of the molecule is CCc1nnc(COc2ccccc2C(C)N)o1. The Balaban J connectivity index is 2.05. The number of hydrogen-bond donors (Lipinski definition) is 1. The third-order valence-corrected chi connectivity index (χ3v) is 2.57. The number of nitrogens with zero attached hydrogens (tertiary/aromatic N) is 2. The van der Waals surface area contributed by atoms with Gasteiger partial charge in [-0.15, -0.1) is 10.2 Å². The maximum absolute atomic E-state index is 5.88. The van der Waals surface area contributed by atoms with Gasteiger partial charge in [0.2, 0.25) is 5.89 Å². The summed E-state index contributed by atoms with van der Waals surface area (Å²) in [6.45, 7) is 4.14. The first-order valence-corrected chi connectivity index (χ1v) is 5.99. The fourth-order valence-corrected chi connectivity index (χ4v) is 1.62. The van der Waals surface area contributed by atoms with Crippen LogP contribution in [0.5, 0.6) is 5.75 Å². The molecule has 2 N–H and O–H groups in total. The zero-order valence-electron chi connectivity index (χ0n) is 10.6. The fraction of sp³-hybridized carbons (Fsp3) is 0.385. The van der Waals surface area contributed by atoms with E-state index in [1.165, 1.54) is 0 Å². The second-order valence-corrected chi connectivity index (χ2v) is 4.06. The van der Waals surface area contributed by atoms with Gasteiger partial charge in [-0.3, -0.25) is 0 Å². The molecule has 1 heterocycles. The van der Waals surface area contributed by atoms with Gasteiger partial charge in [0.15, 0.2) is 6.61 Å². The van der Waals surface area contributed by atoms with E-state index in [4.69, 9.17) is 14.9 Å². The summed E-state index contributed by atoms with van der Waals surface area (Å²) >= 11 is 0. The van der Waals surface area contributed by atoms with Crippen molar-refractivity contribution in [2.75, 3.05) is 0 Å². The van der Waals surface area contributed by atoms with Crippen LogP contribution in [-0.2, 0) is 13.0 Å². The quantitative estimate of drug-likeness (QED) is 0.877. The van der Waals surface area contributed by atoms with Crippen molar-refractivity contribution < 1.29 is 9.15 Å². The minimum atomic E-state index is -0.0740. The Morgan fingerprint density at radius 3 is 2.67 bits per heavy atom. The first-order valence-electron chi connectivity index (χ1n) is 5.99. The Morgan fingerprint density at radius 1 is 1.28 bits per heavy atom. The summed E-state index contributed by atoms with van der Waals surface area (Å²) in [6.07, 6.45) is 0.726. The molecule has 0 amide bonds. The van der Waals surface area contributed by atoms with Gasteiger partial charge in [-0.05, 0) is 13.0 Å². The number of aromatic nitrogens is 2. The molecule has 1 atom stereocenters. The molecule has 96 valence electrons. The summed E-state index contributed by atoms with van der Waals surface area (Å²) in [5.41, 5.74) is 6.84. The zero-order valence-corrected chi connectivity index (χ0v) is 10.6. The third-order valence-electron chi connectivity index (χ3n) is 2.57. The van der Waals surface area contributed by atoms with E-state index in [2.05, 4.69) is 10.2 Å². The standard InChI is InChI=1S/C13H17N3O2/c1-3-12-15-16-13(18-12)8-17-11-7-5-4-6-10(11)9(2)14/h4-7,9H,3,8,14H2,1-2H3. The van der Waals surface area contributed by atoms with Crippen molar-refractivity contribution >= 4 is 0 Å². The molecular weight excluding hydrogens is 230 g/mol. The second-order valence-electron chi connectivity index (χ2n) is 4.06. The molecule has 0 radical (unpaired) electrons. The van der Waals surface area contributed by atoms with Crippen molar-refractivity contribution in [3.8, 4) is 5.75 Å². The largest absolute Gasteiger partial charge is 0.483 e. The van der Waals surface area contributed by atoms with Gasteiger partial charge in [0.25, 0.3) is 5.89 Å². The Bertz CT molecular complexity index is 508. The number of ether oxygens (including phenoxy) is 1. The second kappa shape index (κ2) is 5.64. The lowest BCUT2D eigenvalue weighted by Gasteiger charge is -2.12. The highest BCUT2D eigenvalue weighted by atomic mass is 16.5. The first-order chi connectivity index (χ1) is 8.70. The number of benzene rings is 1. The van der Waals surface area contributed by atoms with Gasteiger partial charge in [0, 0.05) is 18.0 Å². The number of hydrogen-bond acceptors (Lipinski definition) is 5. The molecule has 2 rings (SSSR count). The molecule has 0 saturated carbocycles. The van der Waals surface area contributed by atoms with Gasteiger partial charge >= 0.3 is 0 Å². The lowest BCUT2D eigenvalue weighted by Crippen LogP contribution is -2.08. The summed E-state index contributed by atoms with van der Waals surface area (Å²) < 4.78 is 11.0. The van der Waals surface area contributed by atoms with Crippen LogP contribution in [0.2, 0.25) is 0 Å². The van der Waals surface area contributed by atoms with Gasteiger partial charge in [-0.2, -0.15) is 0 Å². The predicted molar refractivity (Wildman–Crippen MR) is 67.1 cm³/mol. The molecule has 18 heavy (non-hydrogen) atoms. The molecule has 1 unspecified atom stereocenters. The Hall–Kier alpha value is -1.88. The molecule has 0 saturated heterocycles. The highest BCUT2D eigenvalue weighted by Crippen LogP contribution is 2.23. The van der Waals surface area contributed by atoms with Crippen molar-refractivity contribution in [3.63, 3.8) is 0 Å². The van der Waals surface area contributed by atoms with Crippen LogP contribution in [0.25, 0.3) is 0 Å². The molecule has 0 aliphatic rings. The van der Waals surface area contributed by atoms with E-state index in [1.54, 1.807) is 0 Å². The molecule has 5 heteroatoms. The minimum absolute atomic E-state index is 0.0740. The van der Waals surface area contributed by atoms with Crippen LogP contribution in [0.3, 0.4) is 0 Å². The van der Waals surface area contributed by atoms with Crippen LogP contribution in [0.4, 0.5) is 0 Å². The maximum atomic E-state index is 5.88. The smallest absolute Gasteiger partial charge is 0.253 e. The number of para-hydroxylation sites is 1. The summed E-state index contributed by atoms with van der Waals surface area (Å²) in [7, 11) is 0. The Morgan fingerprint density at radius 2 is 2.00 bits per heavy atom. The van der Waals surface area contributed by atoms with Crippen molar-refractivity contribution in [2.45, 2.75) is 32.9 Å². The molecule has 0 aliphatic heterocycles. The topological polar surface area (TPSA) is 74.2 Å². The lowest BCUT2D eigenvalue weighted by molar-refractivity contribution is 0.256. The van der Waals surface area contributed by atoms with Gasteiger partial charge < -0.3 is 14.9 Å². The van der Waals surface area contributed by atoms with Crippen molar-refractivity contribution in [2.24, 2.45) is 5.73 Å². The van der Waals surface area contributed by atoms with Crippen LogP contribution >= 0.6 is 0 Å². The monoisotopic (exact) mass is 247 g/mol. The van der Waals surface area contributed by atoms with Crippen molar-refractivity contribution in [1.82, 2.24) is 10.2 Å². The molecule has 0 bridgehead atoms. The molecule has 1 aromatic carbocycles. The number of aryl methyl sites for hydroxylation is 1. The summed E-state index contributed by atoms with van der Waals surface area (Å²) in [6, 6.07) is 7.61. The molecule has 0 spiro atoms. The highest BCUT2D eigenvalue weighted by Gasteiger charge is 2.09. The van der Waals surface area contributed by atoms with Crippen molar-refractivity contribution in [1.29, 1.82) is 0 Å². The van der Waals surface area contributed by atoms with E-state index >= 15 is 0 Å². The van der Waals surface area contributed by atoms with Gasteiger partial charge in [0.05, 0.1) is 0 Å². The summed E-state index contributed by atoms with van der Waals surface area (Å²) in [4.78, 5) is 0. The minimum Gasteiger partial charge on any atom is -0.483 e. The Labute approximate surface area is 106 Å². The normalized spacial score (nSPS) is 12.4. The van der Waals surface area contributed by atoms with Gasteiger partial charge in [-0.25, -0.2) is 0 Å². The van der Waals surface area contributed by atoms with Crippen LogP contribution < -0.4 is 10.5 Å². The van der Waals surface area contributed by atoms with Crippen LogP contribution in [0.1, 0.15) is 37.2 Å². The van der Waals surface area contributed by atoms with Crippen LogP contribution in [-0.4, -0.2) is 10.2 Å². The van der Waals surface area contributed by atoms with E-state index in [9.17, 15) is 0 Å². The third kappa shape index (κ3) is 2.87. The fourth-order valence-electron chi connectivity index (χ4n) is 1.62. The van der Waals surface area contributed by atoms with E-state index < -0.39 is 0 Å². The summed E-state index contributed by atoms with van der Waals surface area (Å²) in [5.74, 6) is 1.85. The molecule has 0 aliphatic carbocycles. The zero-order chi connectivity index (χ0) is 13.0. The van der Waals surface area contributed by atoms with E-state index in [0.29, 0.717) is 11.8 Å². The van der Waals surface area contributed by atoms with E-state index in [0.717, 1.165) is 17.7 Å². The van der Waals surface area contributed by atoms with Crippen LogP contribution in [0.15, 0.2) is 28.7 Å². The molecule has 2 aromatic rings. The average Bonchev–Trinajstić information content (AvgIpc) is 2.84. The van der Waals surface area contributed by atoms with Gasteiger partial charge in [-0.1, -0.05) is 25.1 Å². The van der Waals surface area contributed by atoms with Gasteiger partial charge in [0.1, 0.15) is 5.75 Å². The molecule has 0 fully saturated rings. The lowest BCUT2D eigenvalue weighted by atomic mass is 10.1.